The van der Waals surface area contributed by atoms with Crippen LogP contribution < -0.4 is 15.0 Å². The average Bonchev–Trinajstić information content (AvgIpc) is 2.39. The van der Waals surface area contributed by atoms with E-state index in [4.69, 9.17) is 4.74 Å². The summed E-state index contributed by atoms with van der Waals surface area (Å²) in [5.41, 5.74) is 1.28. The van der Waals surface area contributed by atoms with E-state index in [1.54, 1.807) is 0 Å². The highest BCUT2D eigenvalue weighted by Crippen LogP contribution is 2.24. The van der Waals surface area contributed by atoms with Crippen molar-refractivity contribution in [3.63, 3.8) is 0 Å². The van der Waals surface area contributed by atoms with Crippen LogP contribution >= 0.6 is 0 Å². The summed E-state index contributed by atoms with van der Waals surface area (Å²) < 4.78 is 5.59. The summed E-state index contributed by atoms with van der Waals surface area (Å²) in [5, 5.41) is 3.65. The van der Waals surface area contributed by atoms with Crippen LogP contribution in [0.2, 0.25) is 0 Å². The fourth-order valence-corrected chi connectivity index (χ4v) is 2.76. The zero-order valence-corrected chi connectivity index (χ0v) is 12.4. The van der Waals surface area contributed by atoms with E-state index < -0.39 is 0 Å². The van der Waals surface area contributed by atoms with E-state index in [1.165, 1.54) is 18.5 Å². The molecule has 1 aliphatic rings. The Bertz CT molecular complexity index is 392. The number of hydrogen-bond donors (Lipinski definition) is 1. The van der Waals surface area contributed by atoms with Crippen molar-refractivity contribution in [2.75, 3.05) is 24.6 Å². The molecule has 0 bridgehead atoms. The molecule has 0 amide bonds. The SMILES string of the molecule is CCOc1cccc(N2CCCC(NC(C)C)C2)c1. The van der Waals surface area contributed by atoms with E-state index in [0.29, 0.717) is 12.1 Å². The summed E-state index contributed by atoms with van der Waals surface area (Å²) in [6.45, 7) is 9.42. The van der Waals surface area contributed by atoms with E-state index in [-0.39, 0.29) is 0 Å². The molecule has 3 nitrogen and oxygen atoms in total. The van der Waals surface area contributed by atoms with E-state index in [2.05, 4.69) is 42.3 Å². The summed E-state index contributed by atoms with van der Waals surface area (Å²) in [6.07, 6.45) is 2.53. The van der Waals surface area contributed by atoms with Crippen LogP contribution in [0.1, 0.15) is 33.6 Å². The van der Waals surface area contributed by atoms with Gasteiger partial charge < -0.3 is 15.0 Å². The maximum absolute atomic E-state index is 5.59. The van der Waals surface area contributed by atoms with Gasteiger partial charge in [0.25, 0.3) is 0 Å². The molecule has 0 aliphatic carbocycles. The molecule has 106 valence electrons. The molecular formula is C16H26N2O. The molecule has 0 radical (unpaired) electrons. The average molecular weight is 262 g/mol. The number of piperidine rings is 1. The molecule has 1 atom stereocenters. The number of anilines is 1. The first-order chi connectivity index (χ1) is 9.19. The van der Waals surface area contributed by atoms with Crippen LogP contribution in [0, 0.1) is 0 Å². The van der Waals surface area contributed by atoms with Gasteiger partial charge in [-0.2, -0.15) is 0 Å². The highest BCUT2D eigenvalue weighted by atomic mass is 16.5. The minimum Gasteiger partial charge on any atom is -0.494 e. The lowest BCUT2D eigenvalue weighted by molar-refractivity contribution is 0.340. The standard InChI is InChI=1S/C16H26N2O/c1-4-19-16-9-5-8-15(11-16)18-10-6-7-14(12-18)17-13(2)3/h5,8-9,11,13-14,17H,4,6-7,10,12H2,1-3H3. The molecule has 19 heavy (non-hydrogen) atoms. The molecule has 3 heteroatoms. The normalized spacial score (nSPS) is 19.8. The summed E-state index contributed by atoms with van der Waals surface area (Å²) in [5.74, 6) is 0.971. The Morgan fingerprint density at radius 2 is 2.26 bits per heavy atom. The third-order valence-corrected chi connectivity index (χ3v) is 3.48. The van der Waals surface area contributed by atoms with Crippen molar-refractivity contribution in [2.45, 2.75) is 45.7 Å². The molecule has 1 aliphatic heterocycles. The smallest absolute Gasteiger partial charge is 0.121 e. The van der Waals surface area contributed by atoms with Crippen molar-refractivity contribution in [3.05, 3.63) is 24.3 Å². The van der Waals surface area contributed by atoms with E-state index in [0.717, 1.165) is 25.4 Å². The highest BCUT2D eigenvalue weighted by molar-refractivity contribution is 5.51. The molecule has 1 heterocycles. The topological polar surface area (TPSA) is 24.5 Å². The first kappa shape index (κ1) is 14.2. The van der Waals surface area contributed by atoms with Crippen LogP contribution in [0.25, 0.3) is 0 Å². The minimum atomic E-state index is 0.555. The van der Waals surface area contributed by atoms with Gasteiger partial charge in [0.05, 0.1) is 6.61 Å². The van der Waals surface area contributed by atoms with Gasteiger partial charge in [-0.15, -0.1) is 0 Å². The largest absolute Gasteiger partial charge is 0.494 e. The first-order valence-corrected chi connectivity index (χ1v) is 7.43. The zero-order valence-electron chi connectivity index (χ0n) is 12.4. The van der Waals surface area contributed by atoms with Crippen LogP contribution in [0.3, 0.4) is 0 Å². The molecule has 0 spiro atoms. The summed E-state index contributed by atoms with van der Waals surface area (Å²) in [6, 6.07) is 9.60. The van der Waals surface area contributed by atoms with Crippen LogP contribution in [0.4, 0.5) is 5.69 Å². The molecule has 0 aromatic heterocycles. The van der Waals surface area contributed by atoms with Crippen LogP contribution in [-0.4, -0.2) is 31.8 Å². The molecule has 1 aromatic carbocycles. The van der Waals surface area contributed by atoms with Crippen LogP contribution in [0.15, 0.2) is 24.3 Å². The van der Waals surface area contributed by atoms with Crippen molar-refractivity contribution >= 4 is 5.69 Å². The van der Waals surface area contributed by atoms with Gasteiger partial charge in [0.2, 0.25) is 0 Å². The Balaban J connectivity index is 2.02. The lowest BCUT2D eigenvalue weighted by Crippen LogP contribution is -2.47. The van der Waals surface area contributed by atoms with Crippen molar-refractivity contribution in [3.8, 4) is 5.75 Å². The van der Waals surface area contributed by atoms with Gasteiger partial charge in [0.1, 0.15) is 5.75 Å². The maximum Gasteiger partial charge on any atom is 0.121 e. The summed E-state index contributed by atoms with van der Waals surface area (Å²) in [7, 11) is 0. The van der Waals surface area contributed by atoms with Crippen LogP contribution in [0.5, 0.6) is 5.75 Å². The second-order valence-electron chi connectivity index (χ2n) is 5.54. The minimum absolute atomic E-state index is 0.555. The number of hydrogen-bond acceptors (Lipinski definition) is 3. The predicted octanol–water partition coefficient (Wildman–Crippen LogP) is 3.05. The number of nitrogens with one attached hydrogen (secondary N) is 1. The third-order valence-electron chi connectivity index (χ3n) is 3.48. The second kappa shape index (κ2) is 6.80. The Hall–Kier alpha value is -1.22. The number of rotatable bonds is 5. The van der Waals surface area contributed by atoms with Crippen molar-refractivity contribution in [2.24, 2.45) is 0 Å². The predicted molar refractivity (Wildman–Crippen MR) is 81.1 cm³/mol. The molecule has 2 rings (SSSR count). The number of ether oxygens (including phenoxy) is 1. The molecular weight excluding hydrogens is 236 g/mol. The molecule has 1 unspecified atom stereocenters. The van der Waals surface area contributed by atoms with Crippen LogP contribution in [-0.2, 0) is 0 Å². The Labute approximate surface area is 116 Å². The second-order valence-corrected chi connectivity index (χ2v) is 5.54. The Morgan fingerprint density at radius 1 is 1.42 bits per heavy atom. The van der Waals surface area contributed by atoms with Gasteiger partial charge in [-0.25, -0.2) is 0 Å². The van der Waals surface area contributed by atoms with Gasteiger partial charge in [-0.05, 0) is 31.9 Å². The monoisotopic (exact) mass is 262 g/mol. The molecule has 1 fully saturated rings. The molecule has 1 aromatic rings. The quantitative estimate of drug-likeness (QED) is 0.882. The van der Waals surface area contributed by atoms with Gasteiger partial charge in [-0.1, -0.05) is 19.9 Å². The lowest BCUT2D eigenvalue weighted by Gasteiger charge is -2.36. The van der Waals surface area contributed by atoms with Gasteiger partial charge >= 0.3 is 0 Å². The van der Waals surface area contributed by atoms with E-state index in [9.17, 15) is 0 Å². The summed E-state index contributed by atoms with van der Waals surface area (Å²) in [4.78, 5) is 2.46. The first-order valence-electron chi connectivity index (χ1n) is 7.43. The fraction of sp³-hybridized carbons (Fsp3) is 0.625. The van der Waals surface area contributed by atoms with Gasteiger partial charge in [0.15, 0.2) is 0 Å². The fourth-order valence-electron chi connectivity index (χ4n) is 2.76. The number of benzene rings is 1. The third kappa shape index (κ3) is 4.13. The van der Waals surface area contributed by atoms with E-state index >= 15 is 0 Å². The molecule has 1 saturated heterocycles. The molecule has 0 saturated carbocycles. The highest BCUT2D eigenvalue weighted by Gasteiger charge is 2.20. The van der Waals surface area contributed by atoms with Gasteiger partial charge in [0, 0.05) is 36.9 Å². The Morgan fingerprint density at radius 3 is 3.00 bits per heavy atom. The maximum atomic E-state index is 5.59. The van der Waals surface area contributed by atoms with Crippen molar-refractivity contribution in [1.29, 1.82) is 0 Å². The van der Waals surface area contributed by atoms with Gasteiger partial charge in [-0.3, -0.25) is 0 Å². The van der Waals surface area contributed by atoms with Crippen molar-refractivity contribution < 1.29 is 4.74 Å². The lowest BCUT2D eigenvalue weighted by atomic mass is 10.0. The Kier molecular flexibility index (Phi) is 5.08. The molecule has 1 N–H and O–H groups in total. The zero-order chi connectivity index (χ0) is 13.7. The van der Waals surface area contributed by atoms with E-state index in [1.807, 2.05) is 13.0 Å². The number of nitrogens with zero attached hydrogens (tertiary/aromatic N) is 1. The van der Waals surface area contributed by atoms with Crippen molar-refractivity contribution in [1.82, 2.24) is 5.32 Å². The summed E-state index contributed by atoms with van der Waals surface area (Å²) >= 11 is 0.